The van der Waals surface area contributed by atoms with Crippen molar-refractivity contribution in [1.29, 1.82) is 0 Å². The van der Waals surface area contributed by atoms with Gasteiger partial charge >= 0.3 is 5.97 Å². The maximum Gasteiger partial charge on any atom is 0.354 e. The molecule has 12 heavy (non-hydrogen) atoms. The van der Waals surface area contributed by atoms with Crippen molar-refractivity contribution in [2.45, 2.75) is 20.0 Å². The summed E-state index contributed by atoms with van der Waals surface area (Å²) < 4.78 is 0. The lowest BCUT2D eigenvalue weighted by Crippen LogP contribution is -2.14. The van der Waals surface area contributed by atoms with Crippen molar-refractivity contribution in [2.24, 2.45) is 20.5 Å². The predicted molar refractivity (Wildman–Crippen MR) is 42.2 cm³/mol. The van der Waals surface area contributed by atoms with Crippen LogP contribution >= 0.6 is 0 Å². The van der Waals surface area contributed by atoms with Crippen molar-refractivity contribution in [3.05, 3.63) is 0 Å². The smallest absolute Gasteiger partial charge is 0.354 e. The summed E-state index contributed by atoms with van der Waals surface area (Å²) in [6, 6.07) is 0. The molecule has 0 unspecified atom stereocenters. The summed E-state index contributed by atoms with van der Waals surface area (Å²) >= 11 is 0. The lowest BCUT2D eigenvalue weighted by atomic mass is 10.5. The number of carboxylic acid groups (broad SMARTS) is 1. The summed E-state index contributed by atoms with van der Waals surface area (Å²) in [7, 11) is 0. The van der Waals surface area contributed by atoms with Gasteiger partial charge in [0.2, 0.25) is 0 Å². The molecule has 0 aromatic rings. The molecule has 0 saturated heterocycles. The van der Waals surface area contributed by atoms with Crippen LogP contribution in [0.15, 0.2) is 20.5 Å². The number of carbonyl (C=O) groups is 1. The number of carboxylic acids is 1. The van der Waals surface area contributed by atoms with Crippen molar-refractivity contribution >= 4 is 5.97 Å². The van der Waals surface area contributed by atoms with E-state index in [0.29, 0.717) is 13.1 Å². The second-order valence-corrected chi connectivity index (χ2v) is 1.86. The second-order valence-electron chi connectivity index (χ2n) is 1.86. The van der Waals surface area contributed by atoms with Crippen LogP contribution in [-0.2, 0) is 4.79 Å². The molecule has 0 radical (unpaired) electrons. The summed E-state index contributed by atoms with van der Waals surface area (Å²) in [4.78, 5) is 10.4. The van der Waals surface area contributed by atoms with Crippen LogP contribution < -0.4 is 0 Å². The fraction of sp³-hybridized carbons (Fsp3) is 0.833. The van der Waals surface area contributed by atoms with Gasteiger partial charge < -0.3 is 5.11 Å². The van der Waals surface area contributed by atoms with E-state index in [1.165, 1.54) is 0 Å². The van der Waals surface area contributed by atoms with Crippen molar-refractivity contribution in [2.75, 3.05) is 13.1 Å². The van der Waals surface area contributed by atoms with Crippen LogP contribution in [0.3, 0.4) is 0 Å². The molecule has 0 aliphatic heterocycles. The molecule has 0 bridgehead atoms. The molecule has 0 rings (SSSR count). The monoisotopic (exact) mass is 172 g/mol. The minimum atomic E-state index is -1.18. The quantitative estimate of drug-likeness (QED) is 0.634. The number of rotatable bonds is 5. The minimum absolute atomic E-state index is 0.450. The Balaban J connectivity index is 4.13. The normalized spacial score (nSPS) is 14.2. The van der Waals surface area contributed by atoms with Gasteiger partial charge in [0.05, 0.1) is 13.1 Å². The van der Waals surface area contributed by atoms with Crippen molar-refractivity contribution in [3.8, 4) is 0 Å². The molecule has 0 aliphatic carbocycles. The molecule has 0 aromatic heterocycles. The molecule has 1 N–H and O–H groups in total. The van der Waals surface area contributed by atoms with Gasteiger partial charge in [-0.05, 0) is 13.8 Å². The van der Waals surface area contributed by atoms with Crippen LogP contribution in [0.5, 0.6) is 0 Å². The van der Waals surface area contributed by atoms with E-state index < -0.39 is 12.1 Å². The summed E-state index contributed by atoms with van der Waals surface area (Å²) in [6.45, 7) is 4.43. The Hall–Kier alpha value is -1.33. The standard InChI is InChI=1S/C6H12N4O2/c1-3-7-9-5(6(11)12)10-8-4-2/h5H,3-4H2,1-2H3,(H,11,12). The molecule has 0 aromatic carbocycles. The first-order chi connectivity index (χ1) is 5.72. The molecule has 6 nitrogen and oxygen atoms in total. The fourth-order valence-corrected chi connectivity index (χ4v) is 0.440. The highest BCUT2D eigenvalue weighted by Gasteiger charge is 2.13. The SMILES string of the molecule is CCN=NC(N=NCC)C(=O)O. The molecular weight excluding hydrogens is 160 g/mol. The maximum absolute atomic E-state index is 10.4. The molecule has 0 heterocycles. The summed E-state index contributed by atoms with van der Waals surface area (Å²) in [6.07, 6.45) is -1.18. The fourth-order valence-electron chi connectivity index (χ4n) is 0.440. The molecule has 0 aliphatic rings. The third kappa shape index (κ3) is 4.48. The zero-order valence-corrected chi connectivity index (χ0v) is 7.14. The topological polar surface area (TPSA) is 86.7 Å². The summed E-state index contributed by atoms with van der Waals surface area (Å²) in [5.41, 5.74) is 0. The highest BCUT2D eigenvalue weighted by molar-refractivity contribution is 5.72. The van der Waals surface area contributed by atoms with Crippen LogP contribution in [0.25, 0.3) is 0 Å². The van der Waals surface area contributed by atoms with Gasteiger partial charge in [0.1, 0.15) is 0 Å². The Labute approximate surface area is 70.4 Å². The van der Waals surface area contributed by atoms with Gasteiger partial charge in [-0.25, -0.2) is 4.79 Å². The Morgan fingerprint density at radius 2 is 1.67 bits per heavy atom. The van der Waals surface area contributed by atoms with Crippen molar-refractivity contribution in [3.63, 3.8) is 0 Å². The van der Waals surface area contributed by atoms with E-state index >= 15 is 0 Å². The molecule has 0 fully saturated rings. The highest BCUT2D eigenvalue weighted by Crippen LogP contribution is 1.96. The summed E-state index contributed by atoms with van der Waals surface area (Å²) in [5, 5.41) is 22.5. The van der Waals surface area contributed by atoms with Gasteiger partial charge in [-0.15, -0.1) is 0 Å². The molecule has 0 amide bonds. The third-order valence-corrected chi connectivity index (χ3v) is 0.886. The van der Waals surface area contributed by atoms with Gasteiger partial charge in [-0.3, -0.25) is 0 Å². The van der Waals surface area contributed by atoms with E-state index in [9.17, 15) is 4.79 Å². The molecule has 0 spiro atoms. The van der Waals surface area contributed by atoms with E-state index in [1.54, 1.807) is 13.8 Å². The number of aliphatic carboxylic acids is 1. The molecule has 68 valence electrons. The lowest BCUT2D eigenvalue weighted by Gasteiger charge is -1.95. The molecule has 6 heteroatoms. The Morgan fingerprint density at radius 1 is 1.25 bits per heavy atom. The Bertz CT molecular complexity index is 176. The van der Waals surface area contributed by atoms with Crippen molar-refractivity contribution < 1.29 is 9.90 Å². The predicted octanol–water partition coefficient (Wildman–Crippen LogP) is 1.34. The molecule has 0 saturated carbocycles. The number of azo groups is 2. The zero-order valence-electron chi connectivity index (χ0n) is 7.14. The molecule has 0 atom stereocenters. The molecular formula is C6H12N4O2. The number of hydrogen-bond acceptors (Lipinski definition) is 5. The maximum atomic E-state index is 10.4. The second kappa shape index (κ2) is 6.38. The van der Waals surface area contributed by atoms with Gasteiger partial charge in [-0.2, -0.15) is 20.5 Å². The van der Waals surface area contributed by atoms with Gasteiger partial charge in [0, 0.05) is 0 Å². The third-order valence-electron chi connectivity index (χ3n) is 0.886. The van der Waals surface area contributed by atoms with E-state index in [1.807, 2.05) is 0 Å². The number of nitrogens with zero attached hydrogens (tertiary/aromatic N) is 4. The van der Waals surface area contributed by atoms with E-state index in [4.69, 9.17) is 5.11 Å². The van der Waals surface area contributed by atoms with Gasteiger partial charge in [0.15, 0.2) is 0 Å². The van der Waals surface area contributed by atoms with Crippen LogP contribution in [0.4, 0.5) is 0 Å². The van der Waals surface area contributed by atoms with E-state index in [2.05, 4.69) is 20.5 Å². The zero-order chi connectivity index (χ0) is 9.40. The summed E-state index contributed by atoms with van der Waals surface area (Å²) in [5.74, 6) is -1.13. The Morgan fingerprint density at radius 3 is 1.92 bits per heavy atom. The number of hydrogen-bond donors (Lipinski definition) is 1. The first kappa shape index (κ1) is 10.7. The Kier molecular flexibility index (Phi) is 5.68. The minimum Gasteiger partial charge on any atom is -0.478 e. The van der Waals surface area contributed by atoms with Gasteiger partial charge in [-0.1, -0.05) is 0 Å². The largest absolute Gasteiger partial charge is 0.478 e. The highest BCUT2D eigenvalue weighted by atomic mass is 16.4. The van der Waals surface area contributed by atoms with E-state index in [0.717, 1.165) is 0 Å². The van der Waals surface area contributed by atoms with Crippen LogP contribution in [0.1, 0.15) is 13.8 Å². The average Bonchev–Trinajstić information content (AvgIpc) is 2.04. The van der Waals surface area contributed by atoms with Crippen LogP contribution in [0.2, 0.25) is 0 Å². The van der Waals surface area contributed by atoms with Crippen LogP contribution in [0, 0.1) is 0 Å². The van der Waals surface area contributed by atoms with E-state index in [-0.39, 0.29) is 0 Å². The lowest BCUT2D eigenvalue weighted by molar-refractivity contribution is -0.138. The first-order valence-corrected chi connectivity index (χ1v) is 3.68. The van der Waals surface area contributed by atoms with Crippen molar-refractivity contribution in [1.82, 2.24) is 0 Å². The van der Waals surface area contributed by atoms with Crippen LogP contribution in [-0.4, -0.2) is 30.3 Å². The first-order valence-electron chi connectivity index (χ1n) is 3.68. The van der Waals surface area contributed by atoms with Gasteiger partial charge in [0.25, 0.3) is 6.17 Å². The average molecular weight is 172 g/mol.